The van der Waals surface area contributed by atoms with Gasteiger partial charge in [0.25, 0.3) is 0 Å². The second-order valence-corrected chi connectivity index (χ2v) is 4.51. The van der Waals surface area contributed by atoms with Crippen molar-refractivity contribution in [1.29, 1.82) is 5.26 Å². The molecule has 88 valence electrons. The van der Waals surface area contributed by atoms with Gasteiger partial charge in [-0.3, -0.25) is 9.69 Å². The summed E-state index contributed by atoms with van der Waals surface area (Å²) < 4.78 is 0. The van der Waals surface area contributed by atoms with Crippen molar-refractivity contribution in [2.24, 2.45) is 0 Å². The van der Waals surface area contributed by atoms with Crippen LogP contribution in [0.4, 0.5) is 0 Å². The topological polar surface area (TPSA) is 44.1 Å². The summed E-state index contributed by atoms with van der Waals surface area (Å²) in [4.78, 5) is 13.7. The summed E-state index contributed by atoms with van der Waals surface area (Å²) in [5.74, 6) is 0.233. The molecule has 1 saturated heterocycles. The Morgan fingerprint density at radius 2 is 2.29 bits per heavy atom. The quantitative estimate of drug-likeness (QED) is 0.796. The zero-order chi connectivity index (χ0) is 12.3. The number of nitrogens with zero attached hydrogens (tertiary/aromatic N) is 2. The maximum absolute atomic E-state index is 11.5. The molecule has 3 nitrogen and oxygen atoms in total. The first-order valence-electron chi connectivity index (χ1n) is 5.95. The maximum Gasteiger partial charge on any atom is 0.146 e. The normalized spacial score (nSPS) is 20.1. The zero-order valence-corrected chi connectivity index (χ0v) is 10.0. The number of likely N-dealkylation sites (tertiary alicyclic amines) is 1. The van der Waals surface area contributed by atoms with Crippen LogP contribution in [0.1, 0.15) is 30.9 Å². The molecule has 1 aromatic carbocycles. The van der Waals surface area contributed by atoms with Gasteiger partial charge in [-0.05, 0) is 37.9 Å². The average Bonchev–Trinajstić information content (AvgIpc) is 2.78. The summed E-state index contributed by atoms with van der Waals surface area (Å²) in [5.41, 5.74) is 1.73. The highest BCUT2D eigenvalue weighted by molar-refractivity contribution is 5.81. The third-order valence-electron chi connectivity index (χ3n) is 3.34. The maximum atomic E-state index is 11.5. The van der Waals surface area contributed by atoms with E-state index in [1.165, 1.54) is 0 Å². The van der Waals surface area contributed by atoms with E-state index in [9.17, 15) is 4.79 Å². The Morgan fingerprint density at radius 3 is 3.00 bits per heavy atom. The fraction of sp³-hybridized carbons (Fsp3) is 0.429. The lowest BCUT2D eigenvalue weighted by atomic mass is 10.1. The van der Waals surface area contributed by atoms with E-state index in [1.807, 2.05) is 24.3 Å². The van der Waals surface area contributed by atoms with E-state index in [4.69, 9.17) is 5.26 Å². The lowest BCUT2D eigenvalue weighted by molar-refractivity contribution is -0.121. The predicted molar refractivity (Wildman–Crippen MR) is 65.3 cm³/mol. The van der Waals surface area contributed by atoms with Crippen LogP contribution in [0.3, 0.4) is 0 Å². The van der Waals surface area contributed by atoms with E-state index in [1.54, 1.807) is 6.92 Å². The molecule has 0 radical (unpaired) electrons. The molecule has 0 saturated carbocycles. The van der Waals surface area contributed by atoms with Gasteiger partial charge in [0, 0.05) is 6.54 Å². The third-order valence-corrected chi connectivity index (χ3v) is 3.34. The molecule has 1 fully saturated rings. The molecule has 3 heteroatoms. The third kappa shape index (κ3) is 2.54. The van der Waals surface area contributed by atoms with Gasteiger partial charge < -0.3 is 0 Å². The second-order valence-electron chi connectivity index (χ2n) is 4.51. The zero-order valence-electron chi connectivity index (χ0n) is 10.0. The Hall–Kier alpha value is -1.66. The second kappa shape index (κ2) is 5.11. The number of nitriles is 1. The number of rotatable bonds is 3. The van der Waals surface area contributed by atoms with Crippen LogP contribution < -0.4 is 0 Å². The van der Waals surface area contributed by atoms with E-state index in [0.29, 0.717) is 12.1 Å². The fourth-order valence-electron chi connectivity index (χ4n) is 2.46. The van der Waals surface area contributed by atoms with Crippen molar-refractivity contribution >= 4 is 5.78 Å². The fourth-order valence-corrected chi connectivity index (χ4v) is 2.46. The highest BCUT2D eigenvalue weighted by Gasteiger charge is 2.28. The van der Waals surface area contributed by atoms with Crippen molar-refractivity contribution in [2.45, 2.75) is 32.4 Å². The van der Waals surface area contributed by atoms with Gasteiger partial charge >= 0.3 is 0 Å². The van der Waals surface area contributed by atoms with E-state index < -0.39 is 0 Å². The van der Waals surface area contributed by atoms with Crippen LogP contribution in [0.25, 0.3) is 0 Å². The highest BCUT2D eigenvalue weighted by atomic mass is 16.1. The largest absolute Gasteiger partial charge is 0.298 e. The van der Waals surface area contributed by atoms with Crippen LogP contribution in [0.15, 0.2) is 24.3 Å². The van der Waals surface area contributed by atoms with Crippen molar-refractivity contribution in [2.75, 3.05) is 6.54 Å². The van der Waals surface area contributed by atoms with Crippen LogP contribution >= 0.6 is 0 Å². The molecule has 17 heavy (non-hydrogen) atoms. The molecule has 1 atom stereocenters. The van der Waals surface area contributed by atoms with E-state index in [0.717, 1.165) is 24.9 Å². The smallest absolute Gasteiger partial charge is 0.146 e. The minimum atomic E-state index is 0.0433. The highest BCUT2D eigenvalue weighted by Crippen LogP contribution is 2.21. The molecule has 1 heterocycles. The first-order chi connectivity index (χ1) is 8.22. The molecular formula is C14H16N2O. The number of ketones is 1. The van der Waals surface area contributed by atoms with Gasteiger partial charge in [-0.1, -0.05) is 18.2 Å². The van der Waals surface area contributed by atoms with E-state index in [2.05, 4.69) is 11.0 Å². The summed E-state index contributed by atoms with van der Waals surface area (Å²) in [5, 5.41) is 9.03. The van der Waals surface area contributed by atoms with Gasteiger partial charge in [-0.25, -0.2) is 0 Å². The molecule has 0 bridgehead atoms. The molecule has 1 aromatic rings. The first kappa shape index (κ1) is 11.8. The molecule has 1 unspecified atom stereocenters. The summed E-state index contributed by atoms with van der Waals surface area (Å²) >= 11 is 0. The van der Waals surface area contributed by atoms with Crippen molar-refractivity contribution in [1.82, 2.24) is 4.90 Å². The SMILES string of the molecule is CC(=O)C1CCCN1Cc1ccccc1C#N. The predicted octanol–water partition coefficient (Wildman–Crippen LogP) is 2.11. The minimum absolute atomic E-state index is 0.0433. The number of hydrogen-bond acceptors (Lipinski definition) is 3. The molecule has 0 aromatic heterocycles. The van der Waals surface area contributed by atoms with Gasteiger partial charge in [-0.2, -0.15) is 5.26 Å². The monoisotopic (exact) mass is 228 g/mol. The van der Waals surface area contributed by atoms with Gasteiger partial charge in [0.15, 0.2) is 0 Å². The number of benzene rings is 1. The van der Waals surface area contributed by atoms with Gasteiger partial charge in [0.05, 0.1) is 17.7 Å². The molecule has 0 N–H and O–H groups in total. The van der Waals surface area contributed by atoms with Crippen molar-refractivity contribution in [3.05, 3.63) is 35.4 Å². The molecular weight excluding hydrogens is 212 g/mol. The number of carbonyl (C=O) groups is 1. The van der Waals surface area contributed by atoms with E-state index >= 15 is 0 Å². The van der Waals surface area contributed by atoms with Gasteiger partial charge in [0.1, 0.15) is 5.78 Å². The first-order valence-corrected chi connectivity index (χ1v) is 5.95. The molecule has 1 aliphatic heterocycles. The van der Waals surface area contributed by atoms with Gasteiger partial charge in [0.2, 0.25) is 0 Å². The van der Waals surface area contributed by atoms with Crippen LogP contribution in [-0.2, 0) is 11.3 Å². The van der Waals surface area contributed by atoms with Gasteiger partial charge in [-0.15, -0.1) is 0 Å². The van der Waals surface area contributed by atoms with Crippen LogP contribution in [0, 0.1) is 11.3 Å². The Kier molecular flexibility index (Phi) is 3.55. The van der Waals surface area contributed by atoms with Crippen molar-refractivity contribution < 1.29 is 4.79 Å². The number of hydrogen-bond donors (Lipinski definition) is 0. The number of Topliss-reactive ketones (excluding diaryl/α,β-unsaturated/α-hetero) is 1. The standard InChI is InChI=1S/C14H16N2O/c1-11(17)14-7-4-8-16(14)10-13-6-3-2-5-12(13)9-15/h2-3,5-6,14H,4,7-8,10H2,1H3. The van der Waals surface area contributed by atoms with Crippen LogP contribution in [0.5, 0.6) is 0 Å². The lowest BCUT2D eigenvalue weighted by Gasteiger charge is -2.22. The Bertz CT molecular complexity index is 462. The van der Waals surface area contributed by atoms with Crippen LogP contribution in [-0.4, -0.2) is 23.3 Å². The Morgan fingerprint density at radius 1 is 1.53 bits per heavy atom. The average molecular weight is 228 g/mol. The summed E-state index contributed by atoms with van der Waals surface area (Å²) in [6.07, 6.45) is 2.02. The Labute approximate surface area is 102 Å². The minimum Gasteiger partial charge on any atom is -0.298 e. The molecule has 2 rings (SSSR count). The van der Waals surface area contributed by atoms with Crippen molar-refractivity contribution in [3.8, 4) is 6.07 Å². The summed E-state index contributed by atoms with van der Waals surface area (Å²) in [6.45, 7) is 3.30. The van der Waals surface area contributed by atoms with Crippen molar-refractivity contribution in [3.63, 3.8) is 0 Å². The summed E-state index contributed by atoms with van der Waals surface area (Å²) in [6, 6.07) is 9.85. The number of carbonyl (C=O) groups excluding carboxylic acids is 1. The molecule has 0 amide bonds. The molecule has 0 spiro atoms. The lowest BCUT2D eigenvalue weighted by Crippen LogP contribution is -2.34. The summed E-state index contributed by atoms with van der Waals surface area (Å²) in [7, 11) is 0. The van der Waals surface area contributed by atoms with Crippen LogP contribution in [0.2, 0.25) is 0 Å². The van der Waals surface area contributed by atoms with E-state index in [-0.39, 0.29) is 11.8 Å². The Balaban J connectivity index is 2.15. The molecule has 1 aliphatic rings. The molecule has 0 aliphatic carbocycles.